The van der Waals surface area contributed by atoms with Crippen LogP contribution in [0.5, 0.6) is 0 Å². The first-order chi connectivity index (χ1) is 13.6. The Morgan fingerprint density at radius 3 is 2.48 bits per heavy atom. The molecule has 2 heterocycles. The third-order valence-electron chi connectivity index (χ3n) is 4.49. The van der Waals surface area contributed by atoms with Gasteiger partial charge in [0.25, 0.3) is 17.5 Å². The highest BCUT2D eigenvalue weighted by Gasteiger charge is 2.38. The third-order valence-corrected chi connectivity index (χ3v) is 5.62. The number of amides is 3. The van der Waals surface area contributed by atoms with Gasteiger partial charge in [0.05, 0.1) is 28.7 Å². The number of esters is 1. The molecular weight excluding hydrogens is 402 g/mol. The predicted molar refractivity (Wildman–Crippen MR) is 102 cm³/mol. The number of imide groups is 1. The number of nitro benzene ring substituents is 1. The van der Waals surface area contributed by atoms with Crippen LogP contribution >= 0.6 is 11.3 Å². The summed E-state index contributed by atoms with van der Waals surface area (Å²) in [6.07, 6.45) is 0. The van der Waals surface area contributed by atoms with Gasteiger partial charge >= 0.3 is 5.97 Å². The molecule has 1 aliphatic rings. The molecule has 0 aliphatic carbocycles. The Bertz CT molecular complexity index is 1090. The summed E-state index contributed by atoms with van der Waals surface area (Å²) in [6, 6.07) is 3.31. The molecule has 0 atom stereocenters. The van der Waals surface area contributed by atoms with Crippen molar-refractivity contribution in [1.29, 1.82) is 0 Å². The van der Waals surface area contributed by atoms with E-state index in [1.165, 1.54) is 24.5 Å². The first-order valence-corrected chi connectivity index (χ1v) is 9.10. The highest BCUT2D eigenvalue weighted by atomic mass is 32.1. The molecule has 11 heteroatoms. The number of nitrogens with zero attached hydrogens (tertiary/aromatic N) is 2. The quantitative estimate of drug-likeness (QED) is 0.341. The maximum atomic E-state index is 12.5. The van der Waals surface area contributed by atoms with Crippen molar-refractivity contribution in [2.24, 2.45) is 0 Å². The van der Waals surface area contributed by atoms with Gasteiger partial charge < -0.3 is 10.1 Å². The zero-order chi connectivity index (χ0) is 21.5. The van der Waals surface area contributed by atoms with Crippen LogP contribution in [0.4, 0.5) is 10.7 Å². The van der Waals surface area contributed by atoms with E-state index >= 15 is 0 Å². The van der Waals surface area contributed by atoms with Crippen molar-refractivity contribution in [2.75, 3.05) is 19.0 Å². The Morgan fingerprint density at radius 2 is 1.86 bits per heavy atom. The number of hydrogen-bond acceptors (Lipinski definition) is 8. The Morgan fingerprint density at radius 1 is 1.21 bits per heavy atom. The lowest BCUT2D eigenvalue weighted by atomic mass is 10.1. The molecule has 1 aromatic carbocycles. The van der Waals surface area contributed by atoms with Crippen molar-refractivity contribution < 1.29 is 28.8 Å². The summed E-state index contributed by atoms with van der Waals surface area (Å²) in [5, 5.41) is 13.7. The van der Waals surface area contributed by atoms with Gasteiger partial charge in [0.1, 0.15) is 11.5 Å². The summed E-state index contributed by atoms with van der Waals surface area (Å²) >= 11 is 1.17. The summed E-state index contributed by atoms with van der Waals surface area (Å²) in [7, 11) is 1.22. The molecule has 0 fully saturated rings. The van der Waals surface area contributed by atoms with Crippen molar-refractivity contribution in [1.82, 2.24) is 4.90 Å². The molecule has 150 valence electrons. The number of fused-ring (bicyclic) bond motifs is 1. The average Bonchev–Trinajstić information content (AvgIpc) is 3.08. The van der Waals surface area contributed by atoms with Crippen molar-refractivity contribution in [3.05, 3.63) is 55.4 Å². The minimum Gasteiger partial charge on any atom is -0.465 e. The number of nitrogens with one attached hydrogen (secondary N) is 1. The number of carbonyl (C=O) groups excluding carboxylic acids is 4. The highest BCUT2D eigenvalue weighted by Crippen LogP contribution is 2.33. The Balaban J connectivity index is 1.81. The van der Waals surface area contributed by atoms with Crippen LogP contribution in [0.25, 0.3) is 0 Å². The predicted octanol–water partition coefficient (Wildman–Crippen LogP) is 2.29. The lowest BCUT2D eigenvalue weighted by Crippen LogP contribution is -2.37. The summed E-state index contributed by atoms with van der Waals surface area (Å²) in [5.74, 6) is -2.83. The van der Waals surface area contributed by atoms with Gasteiger partial charge in [-0.05, 0) is 25.5 Å². The summed E-state index contributed by atoms with van der Waals surface area (Å²) in [4.78, 5) is 61.1. The fraction of sp³-hybridized carbons (Fsp3) is 0.222. The minimum absolute atomic E-state index is 0.00791. The summed E-state index contributed by atoms with van der Waals surface area (Å²) in [5.41, 5.74) is 0.400. The van der Waals surface area contributed by atoms with E-state index < -0.39 is 35.2 Å². The number of aryl methyl sites for hydroxylation is 1. The van der Waals surface area contributed by atoms with E-state index in [2.05, 4.69) is 5.32 Å². The zero-order valence-electron chi connectivity index (χ0n) is 15.6. The van der Waals surface area contributed by atoms with Crippen molar-refractivity contribution in [2.45, 2.75) is 13.8 Å². The summed E-state index contributed by atoms with van der Waals surface area (Å²) < 4.78 is 4.74. The van der Waals surface area contributed by atoms with E-state index in [-0.39, 0.29) is 27.4 Å². The number of nitro groups is 1. The topological polar surface area (TPSA) is 136 Å². The van der Waals surface area contributed by atoms with Crippen LogP contribution in [0.3, 0.4) is 0 Å². The third kappa shape index (κ3) is 3.47. The van der Waals surface area contributed by atoms with Crippen LogP contribution in [0.1, 0.15) is 41.5 Å². The Kier molecular flexibility index (Phi) is 5.16. The molecule has 2 aromatic rings. The molecule has 1 N–H and O–H groups in total. The SMILES string of the molecule is COC(=O)c1c(NC(=O)CN2C(=O)c3ccc([N+](=O)[O-])cc3C2=O)sc(C)c1C. The van der Waals surface area contributed by atoms with Crippen molar-refractivity contribution >= 4 is 45.7 Å². The van der Waals surface area contributed by atoms with Gasteiger partial charge in [0.2, 0.25) is 5.91 Å². The molecule has 1 aliphatic heterocycles. The monoisotopic (exact) mass is 417 g/mol. The molecule has 0 radical (unpaired) electrons. The number of methoxy groups -OCH3 is 1. The second-order valence-corrected chi connectivity index (χ2v) is 7.44. The minimum atomic E-state index is -0.796. The average molecular weight is 417 g/mol. The molecule has 0 bridgehead atoms. The zero-order valence-corrected chi connectivity index (χ0v) is 16.4. The van der Waals surface area contributed by atoms with E-state index in [0.29, 0.717) is 10.5 Å². The molecule has 3 rings (SSSR count). The second-order valence-electron chi connectivity index (χ2n) is 6.21. The second kappa shape index (κ2) is 7.43. The molecule has 3 amide bonds. The largest absolute Gasteiger partial charge is 0.465 e. The molecule has 10 nitrogen and oxygen atoms in total. The van der Waals surface area contributed by atoms with Crippen molar-refractivity contribution in [3.8, 4) is 0 Å². The number of thiophene rings is 1. The fourth-order valence-corrected chi connectivity index (χ4v) is 3.97. The summed E-state index contributed by atoms with van der Waals surface area (Å²) in [6.45, 7) is 2.89. The number of anilines is 1. The van der Waals surface area contributed by atoms with Gasteiger partial charge in [-0.25, -0.2) is 4.79 Å². The van der Waals surface area contributed by atoms with Crippen LogP contribution < -0.4 is 5.32 Å². The standard InChI is InChI=1S/C18H15N3O7S/c1-8-9(2)29-15(14(8)18(25)28-3)19-13(22)7-20-16(23)11-5-4-10(21(26)27)6-12(11)17(20)24/h4-6H,7H2,1-3H3,(H,19,22). The van der Waals surface area contributed by atoms with Gasteiger partial charge in [-0.1, -0.05) is 0 Å². The lowest BCUT2D eigenvalue weighted by molar-refractivity contribution is -0.384. The molecule has 29 heavy (non-hydrogen) atoms. The number of carbonyl (C=O) groups is 4. The van der Waals surface area contributed by atoms with Gasteiger partial charge in [0.15, 0.2) is 0 Å². The molecule has 0 saturated carbocycles. The first kappa shape index (κ1) is 20.1. The first-order valence-electron chi connectivity index (χ1n) is 8.28. The Hall–Kier alpha value is -3.60. The van der Waals surface area contributed by atoms with Gasteiger partial charge in [-0.15, -0.1) is 11.3 Å². The van der Waals surface area contributed by atoms with Crippen LogP contribution in [0.2, 0.25) is 0 Å². The van der Waals surface area contributed by atoms with Gasteiger partial charge in [-0.2, -0.15) is 0 Å². The number of benzene rings is 1. The van der Waals surface area contributed by atoms with E-state index in [1.54, 1.807) is 13.8 Å². The molecular formula is C18H15N3O7S. The normalized spacial score (nSPS) is 12.7. The van der Waals surface area contributed by atoms with Crippen LogP contribution in [-0.4, -0.2) is 47.2 Å². The Labute approximate surface area is 168 Å². The molecule has 0 unspecified atom stereocenters. The molecule has 0 saturated heterocycles. The van der Waals surface area contributed by atoms with E-state index in [0.717, 1.165) is 17.0 Å². The number of ether oxygens (including phenoxy) is 1. The van der Waals surface area contributed by atoms with Crippen LogP contribution in [-0.2, 0) is 9.53 Å². The number of rotatable bonds is 5. The smallest absolute Gasteiger partial charge is 0.341 e. The van der Waals surface area contributed by atoms with Crippen LogP contribution in [0.15, 0.2) is 18.2 Å². The molecule has 1 aromatic heterocycles. The fourth-order valence-electron chi connectivity index (χ4n) is 2.91. The van der Waals surface area contributed by atoms with Crippen molar-refractivity contribution in [3.63, 3.8) is 0 Å². The number of hydrogen-bond donors (Lipinski definition) is 1. The molecule has 0 spiro atoms. The number of non-ortho nitro benzene ring substituents is 1. The van der Waals surface area contributed by atoms with E-state index in [4.69, 9.17) is 4.74 Å². The van der Waals surface area contributed by atoms with E-state index in [1.807, 2.05) is 0 Å². The van der Waals surface area contributed by atoms with E-state index in [9.17, 15) is 29.3 Å². The highest BCUT2D eigenvalue weighted by molar-refractivity contribution is 7.16. The maximum Gasteiger partial charge on any atom is 0.341 e. The van der Waals surface area contributed by atoms with Gasteiger partial charge in [-0.3, -0.25) is 29.4 Å². The maximum absolute atomic E-state index is 12.5. The lowest BCUT2D eigenvalue weighted by Gasteiger charge is -2.13. The van der Waals surface area contributed by atoms with Crippen LogP contribution in [0, 0.1) is 24.0 Å². The van der Waals surface area contributed by atoms with Gasteiger partial charge in [0, 0.05) is 17.0 Å².